The number of hydrogen-bond acceptors (Lipinski definition) is 4. The molecule has 2 N–H and O–H groups in total. The van der Waals surface area contributed by atoms with E-state index in [2.05, 4.69) is 10.6 Å². The molecule has 102 valence electrons. The largest absolute Gasteiger partial charge is 0.380 e. The van der Waals surface area contributed by atoms with Crippen molar-refractivity contribution in [3.05, 3.63) is 35.4 Å². The third kappa shape index (κ3) is 6.00. The molecule has 0 aromatic heterocycles. The average Bonchev–Trinajstić information content (AvgIpc) is 2.41. The number of nitrogens with one attached hydrogen (secondary N) is 2. The summed E-state index contributed by atoms with van der Waals surface area (Å²) in [6.07, 6.45) is 0.336. The summed E-state index contributed by atoms with van der Waals surface area (Å²) in [5.74, 6) is -0.0977. The first kappa shape index (κ1) is 15.2. The fourth-order valence-electron chi connectivity index (χ4n) is 1.66. The molecule has 5 nitrogen and oxygen atoms in total. The average molecular weight is 261 g/mol. The van der Waals surface area contributed by atoms with Crippen LogP contribution in [0.3, 0.4) is 0 Å². The molecule has 1 aromatic rings. The van der Waals surface area contributed by atoms with E-state index in [1.54, 1.807) is 7.11 Å². The number of carbonyl (C=O) groups is 1. The first-order valence-corrected chi connectivity index (χ1v) is 6.18. The minimum Gasteiger partial charge on any atom is -0.380 e. The van der Waals surface area contributed by atoms with Crippen LogP contribution < -0.4 is 10.6 Å². The highest BCUT2D eigenvalue weighted by Gasteiger charge is 2.03. The molecule has 0 spiro atoms. The molecule has 0 aliphatic heterocycles. The molecule has 0 fully saturated rings. The molecule has 0 aliphatic carbocycles. The van der Waals surface area contributed by atoms with Gasteiger partial charge in [0.1, 0.15) is 0 Å². The third-order valence-corrected chi connectivity index (χ3v) is 2.58. The number of nitrogens with zero attached hydrogens (tertiary/aromatic N) is 1. The highest BCUT2D eigenvalue weighted by Crippen LogP contribution is 2.09. The van der Waals surface area contributed by atoms with Gasteiger partial charge in [0.05, 0.1) is 25.6 Å². The Hall–Kier alpha value is -1.90. The lowest BCUT2D eigenvalue weighted by Gasteiger charge is -2.10. The van der Waals surface area contributed by atoms with E-state index in [9.17, 15) is 4.79 Å². The zero-order valence-corrected chi connectivity index (χ0v) is 11.1. The second kappa shape index (κ2) is 9.09. The predicted octanol–water partition coefficient (Wildman–Crippen LogP) is 0.952. The Morgan fingerprint density at radius 3 is 2.79 bits per heavy atom. The third-order valence-electron chi connectivity index (χ3n) is 2.58. The zero-order chi connectivity index (χ0) is 13.9. The maximum Gasteiger partial charge on any atom is 0.234 e. The van der Waals surface area contributed by atoms with E-state index in [0.717, 1.165) is 11.1 Å². The van der Waals surface area contributed by atoms with Gasteiger partial charge in [-0.15, -0.1) is 0 Å². The van der Waals surface area contributed by atoms with E-state index >= 15 is 0 Å². The van der Waals surface area contributed by atoms with Gasteiger partial charge in [-0.1, -0.05) is 24.3 Å². The van der Waals surface area contributed by atoms with Crippen LogP contribution in [0.4, 0.5) is 0 Å². The summed E-state index contributed by atoms with van der Waals surface area (Å²) in [6, 6.07) is 9.92. The summed E-state index contributed by atoms with van der Waals surface area (Å²) in [5.41, 5.74) is 2.23. The van der Waals surface area contributed by atoms with Crippen LogP contribution in [-0.2, 0) is 22.7 Å². The Morgan fingerprint density at radius 1 is 1.37 bits per heavy atom. The highest BCUT2D eigenvalue weighted by atomic mass is 16.5. The van der Waals surface area contributed by atoms with Gasteiger partial charge in [-0.05, 0) is 11.1 Å². The summed E-state index contributed by atoms with van der Waals surface area (Å²) >= 11 is 0. The summed E-state index contributed by atoms with van der Waals surface area (Å²) in [7, 11) is 1.66. The molecule has 1 aromatic carbocycles. The first-order chi connectivity index (χ1) is 9.27. The number of methoxy groups -OCH3 is 1. The van der Waals surface area contributed by atoms with E-state index in [4.69, 9.17) is 10.00 Å². The van der Waals surface area contributed by atoms with E-state index in [1.165, 1.54) is 0 Å². The van der Waals surface area contributed by atoms with Gasteiger partial charge in [-0.25, -0.2) is 0 Å². The minimum absolute atomic E-state index is 0.0977. The lowest BCUT2D eigenvalue weighted by molar-refractivity contribution is -0.120. The van der Waals surface area contributed by atoms with Crippen molar-refractivity contribution in [3.8, 4) is 6.07 Å². The van der Waals surface area contributed by atoms with Crippen molar-refractivity contribution in [2.24, 2.45) is 0 Å². The van der Waals surface area contributed by atoms with Gasteiger partial charge in [-0.3, -0.25) is 4.79 Å². The van der Waals surface area contributed by atoms with Crippen LogP contribution >= 0.6 is 0 Å². The summed E-state index contributed by atoms with van der Waals surface area (Å²) in [4.78, 5) is 11.4. The second-order valence-corrected chi connectivity index (χ2v) is 4.06. The number of carbonyl (C=O) groups excluding carboxylic acids is 1. The lowest BCUT2D eigenvalue weighted by atomic mass is 10.1. The molecule has 19 heavy (non-hydrogen) atoms. The van der Waals surface area contributed by atoms with Crippen molar-refractivity contribution >= 4 is 5.91 Å². The van der Waals surface area contributed by atoms with Crippen LogP contribution in [0.1, 0.15) is 17.5 Å². The summed E-state index contributed by atoms with van der Waals surface area (Å²) in [6.45, 7) is 1.82. The minimum atomic E-state index is -0.0977. The van der Waals surface area contributed by atoms with E-state index in [-0.39, 0.29) is 12.5 Å². The molecule has 1 amide bonds. The van der Waals surface area contributed by atoms with Crippen molar-refractivity contribution in [2.45, 2.75) is 19.6 Å². The predicted molar refractivity (Wildman–Crippen MR) is 72.1 cm³/mol. The number of amides is 1. The smallest absolute Gasteiger partial charge is 0.234 e. The quantitative estimate of drug-likeness (QED) is 0.683. The van der Waals surface area contributed by atoms with Crippen molar-refractivity contribution in [2.75, 3.05) is 20.2 Å². The highest BCUT2D eigenvalue weighted by molar-refractivity contribution is 5.77. The van der Waals surface area contributed by atoms with Gasteiger partial charge < -0.3 is 15.4 Å². The van der Waals surface area contributed by atoms with Crippen molar-refractivity contribution < 1.29 is 9.53 Å². The van der Waals surface area contributed by atoms with E-state index in [0.29, 0.717) is 26.1 Å². The Morgan fingerprint density at radius 2 is 2.11 bits per heavy atom. The van der Waals surface area contributed by atoms with Gasteiger partial charge in [0.2, 0.25) is 5.91 Å². The number of rotatable bonds is 8. The summed E-state index contributed by atoms with van der Waals surface area (Å²) < 4.78 is 5.12. The maximum absolute atomic E-state index is 11.4. The van der Waals surface area contributed by atoms with Gasteiger partial charge in [-0.2, -0.15) is 5.26 Å². The molecule has 0 heterocycles. The molecule has 0 atom stereocenters. The Bertz CT molecular complexity index is 441. The Balaban J connectivity index is 2.33. The van der Waals surface area contributed by atoms with Gasteiger partial charge in [0.15, 0.2) is 0 Å². The normalized spacial score (nSPS) is 9.89. The summed E-state index contributed by atoms with van der Waals surface area (Å²) in [5, 5.41) is 14.1. The van der Waals surface area contributed by atoms with Crippen LogP contribution in [0.5, 0.6) is 0 Å². The van der Waals surface area contributed by atoms with Gasteiger partial charge in [0.25, 0.3) is 0 Å². The van der Waals surface area contributed by atoms with Gasteiger partial charge >= 0.3 is 0 Å². The molecular formula is C14H19N3O2. The molecule has 0 radical (unpaired) electrons. The van der Waals surface area contributed by atoms with E-state index in [1.807, 2.05) is 30.3 Å². The fourth-order valence-corrected chi connectivity index (χ4v) is 1.66. The second-order valence-electron chi connectivity index (χ2n) is 4.06. The Kier molecular flexibility index (Phi) is 7.25. The standard InChI is InChI=1S/C14H19N3O2/c1-19-11-13-6-3-2-5-12(13)9-16-10-14(18)17-8-4-7-15/h2-3,5-6,16H,4,8-11H2,1H3,(H,17,18). The molecule has 0 saturated carbocycles. The van der Waals surface area contributed by atoms with E-state index < -0.39 is 0 Å². The molecule has 0 aliphatic rings. The van der Waals surface area contributed by atoms with Crippen LogP contribution in [-0.4, -0.2) is 26.1 Å². The first-order valence-electron chi connectivity index (χ1n) is 6.18. The van der Waals surface area contributed by atoms with Crippen LogP contribution in [0.15, 0.2) is 24.3 Å². The SMILES string of the molecule is COCc1ccccc1CNCC(=O)NCCC#N. The number of benzene rings is 1. The lowest BCUT2D eigenvalue weighted by Crippen LogP contribution is -2.34. The fraction of sp³-hybridized carbons (Fsp3) is 0.429. The molecule has 1 rings (SSSR count). The monoisotopic (exact) mass is 261 g/mol. The number of nitriles is 1. The Labute approximate surface area is 113 Å². The topological polar surface area (TPSA) is 74.2 Å². The molecule has 0 saturated heterocycles. The van der Waals surface area contributed by atoms with Crippen LogP contribution in [0, 0.1) is 11.3 Å². The maximum atomic E-state index is 11.4. The van der Waals surface area contributed by atoms with Crippen molar-refractivity contribution in [1.29, 1.82) is 5.26 Å². The number of ether oxygens (including phenoxy) is 1. The molecule has 5 heteroatoms. The number of hydrogen-bond donors (Lipinski definition) is 2. The van der Waals surface area contributed by atoms with Crippen LogP contribution in [0.25, 0.3) is 0 Å². The van der Waals surface area contributed by atoms with Gasteiger partial charge in [0, 0.05) is 20.2 Å². The molecule has 0 unspecified atom stereocenters. The van der Waals surface area contributed by atoms with Crippen LogP contribution in [0.2, 0.25) is 0 Å². The molecule has 0 bridgehead atoms. The van der Waals surface area contributed by atoms with Crippen molar-refractivity contribution in [1.82, 2.24) is 10.6 Å². The van der Waals surface area contributed by atoms with Crippen molar-refractivity contribution in [3.63, 3.8) is 0 Å². The zero-order valence-electron chi connectivity index (χ0n) is 11.1. The molecular weight excluding hydrogens is 242 g/mol.